The molecule has 0 saturated heterocycles. The lowest BCUT2D eigenvalue weighted by Gasteiger charge is -2.11. The zero-order valence-corrected chi connectivity index (χ0v) is 14.0. The maximum atomic E-state index is 12.1. The second-order valence-electron chi connectivity index (χ2n) is 5.52. The number of anilines is 1. The molecule has 27 heavy (non-hydrogen) atoms. The molecule has 0 aliphatic heterocycles. The summed E-state index contributed by atoms with van der Waals surface area (Å²) in [4.78, 5) is 50.6. The minimum atomic E-state index is -1.01. The first-order chi connectivity index (χ1) is 13.0. The Kier molecular flexibility index (Phi) is 5.27. The average molecular weight is 365 g/mol. The lowest BCUT2D eigenvalue weighted by atomic mass is 10.0. The number of benzene rings is 2. The van der Waals surface area contributed by atoms with Gasteiger partial charge in [0.1, 0.15) is 5.56 Å². The van der Waals surface area contributed by atoms with Crippen molar-refractivity contribution in [3.63, 3.8) is 0 Å². The molecule has 0 spiro atoms. The van der Waals surface area contributed by atoms with E-state index in [2.05, 4.69) is 10.3 Å². The second-order valence-corrected chi connectivity index (χ2v) is 5.52. The molecule has 0 atom stereocenters. The molecule has 0 aliphatic rings. The van der Waals surface area contributed by atoms with E-state index in [1.807, 2.05) is 47.4 Å². The van der Waals surface area contributed by atoms with Crippen LogP contribution in [0.1, 0.15) is 10.4 Å². The van der Waals surface area contributed by atoms with Crippen LogP contribution in [0.2, 0.25) is 0 Å². The van der Waals surface area contributed by atoms with Gasteiger partial charge >= 0.3 is 11.7 Å². The number of carbonyl (C=O) groups excluding carboxylic acids is 2. The van der Waals surface area contributed by atoms with Gasteiger partial charge in [0.2, 0.25) is 0 Å². The highest BCUT2D eigenvalue weighted by Crippen LogP contribution is 2.27. The van der Waals surface area contributed by atoms with Gasteiger partial charge in [0.25, 0.3) is 11.5 Å². The lowest BCUT2D eigenvalue weighted by molar-refractivity contribution is -0.119. The summed E-state index contributed by atoms with van der Waals surface area (Å²) >= 11 is 0. The predicted molar refractivity (Wildman–Crippen MR) is 98.5 cm³/mol. The third kappa shape index (κ3) is 4.37. The standard InChI is InChI=1S/C19H15N3O5/c23-16(11-27-18(25)14-10-20-19(26)22-17(14)24)21-15-9-5-4-8-13(15)12-6-2-1-3-7-12/h1-10H,11H2,(H,21,23)(H2,20,22,24,26). The fraction of sp³-hybridized carbons (Fsp3) is 0.0526. The molecule has 3 aromatic rings. The molecule has 1 amide bonds. The van der Waals surface area contributed by atoms with Crippen molar-refractivity contribution < 1.29 is 14.3 Å². The van der Waals surface area contributed by atoms with Crippen LogP contribution in [0.5, 0.6) is 0 Å². The molecule has 0 fully saturated rings. The van der Waals surface area contributed by atoms with Crippen molar-refractivity contribution in [3.05, 3.63) is 87.2 Å². The summed E-state index contributed by atoms with van der Waals surface area (Å²) in [6, 6.07) is 16.7. The summed E-state index contributed by atoms with van der Waals surface area (Å²) in [5.74, 6) is -1.58. The van der Waals surface area contributed by atoms with Crippen molar-refractivity contribution in [1.29, 1.82) is 0 Å². The van der Waals surface area contributed by atoms with Gasteiger partial charge in [-0.2, -0.15) is 0 Å². The van der Waals surface area contributed by atoms with Crippen LogP contribution in [-0.4, -0.2) is 28.5 Å². The highest BCUT2D eigenvalue weighted by atomic mass is 16.5. The van der Waals surface area contributed by atoms with Crippen LogP contribution in [0, 0.1) is 0 Å². The molecule has 0 saturated carbocycles. The summed E-state index contributed by atoms with van der Waals surface area (Å²) in [6.45, 7) is -0.583. The Morgan fingerprint density at radius 2 is 1.67 bits per heavy atom. The van der Waals surface area contributed by atoms with Crippen LogP contribution >= 0.6 is 0 Å². The quantitative estimate of drug-likeness (QED) is 0.592. The van der Waals surface area contributed by atoms with Gasteiger partial charge in [-0.1, -0.05) is 48.5 Å². The number of aromatic amines is 2. The highest BCUT2D eigenvalue weighted by molar-refractivity contribution is 5.98. The minimum Gasteiger partial charge on any atom is -0.452 e. The van der Waals surface area contributed by atoms with Crippen LogP contribution in [-0.2, 0) is 9.53 Å². The summed E-state index contributed by atoms with van der Waals surface area (Å²) in [5.41, 5.74) is 0.268. The van der Waals surface area contributed by atoms with E-state index in [1.54, 1.807) is 12.1 Å². The molecule has 0 bridgehead atoms. The number of amides is 1. The van der Waals surface area contributed by atoms with Gasteiger partial charge in [-0.3, -0.25) is 14.6 Å². The SMILES string of the molecule is O=C(COC(=O)c1c[nH]c(=O)[nH]c1=O)Nc1ccccc1-c1ccccc1. The van der Waals surface area contributed by atoms with E-state index >= 15 is 0 Å². The van der Waals surface area contributed by atoms with Gasteiger partial charge in [-0.15, -0.1) is 0 Å². The van der Waals surface area contributed by atoms with E-state index in [0.717, 1.165) is 17.3 Å². The summed E-state index contributed by atoms with van der Waals surface area (Å²) in [6.07, 6.45) is 0.937. The third-order valence-electron chi connectivity index (χ3n) is 3.66. The first-order valence-electron chi connectivity index (χ1n) is 7.98. The maximum Gasteiger partial charge on any atom is 0.345 e. The van der Waals surface area contributed by atoms with Crippen molar-refractivity contribution >= 4 is 17.6 Å². The molecule has 3 N–H and O–H groups in total. The Morgan fingerprint density at radius 1 is 0.963 bits per heavy atom. The van der Waals surface area contributed by atoms with Crippen LogP contribution < -0.4 is 16.6 Å². The largest absolute Gasteiger partial charge is 0.452 e. The number of carbonyl (C=O) groups is 2. The number of aromatic nitrogens is 2. The van der Waals surface area contributed by atoms with Crippen LogP contribution in [0.4, 0.5) is 5.69 Å². The number of hydrogen-bond donors (Lipinski definition) is 3. The first kappa shape index (κ1) is 17.9. The van der Waals surface area contributed by atoms with Gasteiger partial charge in [0.15, 0.2) is 6.61 Å². The fourth-order valence-corrected chi connectivity index (χ4v) is 2.42. The molecule has 0 unspecified atom stereocenters. The fourth-order valence-electron chi connectivity index (χ4n) is 2.42. The van der Waals surface area contributed by atoms with Crippen molar-refractivity contribution in [1.82, 2.24) is 9.97 Å². The Hall–Kier alpha value is -3.94. The van der Waals surface area contributed by atoms with E-state index < -0.39 is 35.3 Å². The van der Waals surface area contributed by atoms with E-state index in [4.69, 9.17) is 4.74 Å². The Labute approximate surface area is 152 Å². The molecule has 1 heterocycles. The van der Waals surface area contributed by atoms with Crippen LogP contribution in [0.3, 0.4) is 0 Å². The number of para-hydroxylation sites is 1. The summed E-state index contributed by atoms with van der Waals surface area (Å²) < 4.78 is 4.84. The van der Waals surface area contributed by atoms with Crippen molar-refractivity contribution in [2.24, 2.45) is 0 Å². The lowest BCUT2D eigenvalue weighted by Crippen LogP contribution is -2.29. The first-order valence-corrected chi connectivity index (χ1v) is 7.98. The Morgan fingerprint density at radius 3 is 2.41 bits per heavy atom. The number of ether oxygens (including phenoxy) is 1. The highest BCUT2D eigenvalue weighted by Gasteiger charge is 2.15. The average Bonchev–Trinajstić information content (AvgIpc) is 2.67. The second kappa shape index (κ2) is 7.96. The summed E-state index contributed by atoms with van der Waals surface area (Å²) in [5, 5.41) is 2.68. The normalized spacial score (nSPS) is 10.2. The number of H-pyrrole nitrogens is 2. The molecule has 136 valence electrons. The Bertz CT molecular complexity index is 1090. The van der Waals surface area contributed by atoms with Gasteiger partial charge in [0.05, 0.1) is 0 Å². The maximum absolute atomic E-state index is 12.1. The number of hydrogen-bond acceptors (Lipinski definition) is 5. The molecule has 8 heteroatoms. The predicted octanol–water partition coefficient (Wildman–Crippen LogP) is 1.53. The zero-order valence-electron chi connectivity index (χ0n) is 14.0. The molecule has 0 radical (unpaired) electrons. The van der Waals surface area contributed by atoms with E-state index in [9.17, 15) is 19.2 Å². The van der Waals surface area contributed by atoms with Crippen molar-refractivity contribution in [2.45, 2.75) is 0 Å². The van der Waals surface area contributed by atoms with Crippen molar-refractivity contribution in [3.8, 4) is 11.1 Å². The van der Waals surface area contributed by atoms with Gasteiger partial charge in [-0.25, -0.2) is 9.59 Å². The molecule has 8 nitrogen and oxygen atoms in total. The smallest absolute Gasteiger partial charge is 0.345 e. The Balaban J connectivity index is 1.68. The number of rotatable bonds is 5. The number of nitrogens with one attached hydrogen (secondary N) is 3. The van der Waals surface area contributed by atoms with E-state index in [0.29, 0.717) is 5.69 Å². The molecular weight excluding hydrogens is 350 g/mol. The minimum absolute atomic E-state index is 0.396. The molecule has 1 aromatic heterocycles. The van der Waals surface area contributed by atoms with Gasteiger partial charge in [-0.05, 0) is 11.6 Å². The topological polar surface area (TPSA) is 121 Å². The third-order valence-corrected chi connectivity index (χ3v) is 3.66. The number of esters is 1. The van der Waals surface area contributed by atoms with E-state index in [1.165, 1.54) is 0 Å². The molecule has 0 aliphatic carbocycles. The van der Waals surface area contributed by atoms with Crippen LogP contribution in [0.25, 0.3) is 11.1 Å². The van der Waals surface area contributed by atoms with E-state index in [-0.39, 0.29) is 0 Å². The van der Waals surface area contributed by atoms with Gasteiger partial charge in [0, 0.05) is 17.4 Å². The summed E-state index contributed by atoms with van der Waals surface area (Å²) in [7, 11) is 0. The van der Waals surface area contributed by atoms with Crippen LogP contribution in [0.15, 0.2) is 70.4 Å². The molecular formula is C19H15N3O5. The van der Waals surface area contributed by atoms with Gasteiger partial charge < -0.3 is 15.0 Å². The molecule has 2 aromatic carbocycles. The van der Waals surface area contributed by atoms with Crippen molar-refractivity contribution in [2.75, 3.05) is 11.9 Å². The monoisotopic (exact) mass is 365 g/mol. The zero-order chi connectivity index (χ0) is 19.2. The molecule has 3 rings (SSSR count).